The van der Waals surface area contributed by atoms with Crippen molar-refractivity contribution in [3.63, 3.8) is 0 Å². The third-order valence-corrected chi connectivity index (χ3v) is 3.74. The largest absolute Gasteiger partial charge is 0.301 e. The van der Waals surface area contributed by atoms with E-state index in [2.05, 4.69) is 23.6 Å². The number of hydrogen-bond donors (Lipinski definition) is 0. The van der Waals surface area contributed by atoms with Gasteiger partial charge in [0.2, 0.25) is 0 Å². The van der Waals surface area contributed by atoms with E-state index in [0.29, 0.717) is 0 Å². The van der Waals surface area contributed by atoms with Crippen LogP contribution in [0.2, 0.25) is 0 Å². The molecule has 0 atom stereocenters. The minimum Gasteiger partial charge on any atom is -0.301 e. The molecule has 2 heterocycles. The Bertz CT molecular complexity index is 154. The molecule has 0 unspecified atom stereocenters. The van der Waals surface area contributed by atoms with E-state index in [4.69, 9.17) is 0 Å². The van der Waals surface area contributed by atoms with Crippen LogP contribution in [0.5, 0.6) is 0 Å². The molecule has 2 rings (SSSR count). The first-order chi connectivity index (χ1) is 8.86. The van der Waals surface area contributed by atoms with Crippen molar-refractivity contribution in [2.45, 2.75) is 65.2 Å². The molecule has 0 N–H and O–H groups in total. The first-order valence-corrected chi connectivity index (χ1v) is 8.31. The summed E-state index contributed by atoms with van der Waals surface area (Å²) < 4.78 is 0. The van der Waals surface area contributed by atoms with Crippen molar-refractivity contribution in [2.75, 3.05) is 39.3 Å². The van der Waals surface area contributed by atoms with Crippen molar-refractivity contribution in [3.8, 4) is 0 Å². The molecule has 0 bridgehead atoms. The van der Waals surface area contributed by atoms with Crippen LogP contribution >= 0.6 is 0 Å². The van der Waals surface area contributed by atoms with E-state index in [1.54, 1.807) is 0 Å². The van der Waals surface area contributed by atoms with Crippen LogP contribution in [0.4, 0.5) is 0 Å². The van der Waals surface area contributed by atoms with E-state index in [0.717, 1.165) is 0 Å². The zero-order chi connectivity index (χ0) is 13.1. The highest BCUT2D eigenvalue weighted by Gasteiger charge is 2.15. The minimum atomic E-state index is 1.36. The molecule has 0 radical (unpaired) electrons. The lowest BCUT2D eigenvalue weighted by molar-refractivity contribution is 0.510. The van der Waals surface area contributed by atoms with Crippen molar-refractivity contribution >= 4 is 0 Å². The standard InChI is InChI=1S/2C8H17N/c2*1-2-3-4-5-6-9-7-8-9/h2*2-8H2,1H3. The van der Waals surface area contributed by atoms with Crippen LogP contribution < -0.4 is 0 Å². The fourth-order valence-electron chi connectivity index (χ4n) is 2.11. The summed E-state index contributed by atoms with van der Waals surface area (Å²) in [7, 11) is 0. The van der Waals surface area contributed by atoms with E-state index in [-0.39, 0.29) is 0 Å². The van der Waals surface area contributed by atoms with Gasteiger partial charge in [-0.3, -0.25) is 0 Å². The number of nitrogens with zero attached hydrogens (tertiary/aromatic N) is 2. The molecule has 2 aliphatic rings. The van der Waals surface area contributed by atoms with Gasteiger partial charge in [-0.25, -0.2) is 0 Å². The third-order valence-electron chi connectivity index (χ3n) is 3.74. The molecule has 2 aliphatic heterocycles. The van der Waals surface area contributed by atoms with Crippen LogP contribution in [0.15, 0.2) is 0 Å². The van der Waals surface area contributed by atoms with Crippen molar-refractivity contribution in [1.29, 1.82) is 0 Å². The fourth-order valence-corrected chi connectivity index (χ4v) is 2.11. The average molecular weight is 254 g/mol. The molecule has 0 aromatic carbocycles. The SMILES string of the molecule is CCCCCCN1CC1.CCCCCCN1CC1. The minimum absolute atomic E-state index is 1.36. The molecular formula is C16H34N2. The molecule has 2 fully saturated rings. The smallest absolute Gasteiger partial charge is 0.0110 e. The molecule has 0 saturated carbocycles. The van der Waals surface area contributed by atoms with Gasteiger partial charge in [-0.05, 0) is 25.9 Å². The lowest BCUT2D eigenvalue weighted by Crippen LogP contribution is -1.97. The molecule has 2 heteroatoms. The molecule has 18 heavy (non-hydrogen) atoms. The van der Waals surface area contributed by atoms with Gasteiger partial charge in [-0.2, -0.15) is 0 Å². The van der Waals surface area contributed by atoms with Gasteiger partial charge in [0.1, 0.15) is 0 Å². The first kappa shape index (κ1) is 16.0. The highest BCUT2D eigenvalue weighted by Crippen LogP contribution is 2.07. The van der Waals surface area contributed by atoms with Crippen LogP contribution in [0.3, 0.4) is 0 Å². The normalized spacial score (nSPS) is 18.3. The maximum absolute atomic E-state index is 2.50. The predicted molar refractivity (Wildman–Crippen MR) is 81.2 cm³/mol. The average Bonchev–Trinajstić information content (AvgIpc) is 3.26. The van der Waals surface area contributed by atoms with Gasteiger partial charge in [0.05, 0.1) is 0 Å². The fraction of sp³-hybridized carbons (Fsp3) is 1.00. The lowest BCUT2D eigenvalue weighted by Gasteiger charge is -1.97. The molecule has 0 aliphatic carbocycles. The Morgan fingerprint density at radius 2 is 0.944 bits per heavy atom. The number of hydrogen-bond acceptors (Lipinski definition) is 2. The van der Waals surface area contributed by atoms with E-state index in [1.807, 2.05) is 0 Å². The Kier molecular flexibility index (Phi) is 9.59. The summed E-state index contributed by atoms with van der Waals surface area (Å²) in [4.78, 5) is 4.99. The monoisotopic (exact) mass is 254 g/mol. The molecule has 0 amide bonds. The van der Waals surface area contributed by atoms with Gasteiger partial charge in [-0.15, -0.1) is 0 Å². The lowest BCUT2D eigenvalue weighted by atomic mass is 10.2. The summed E-state index contributed by atoms with van der Waals surface area (Å²) in [5.41, 5.74) is 0. The van der Waals surface area contributed by atoms with Crippen LogP contribution in [-0.2, 0) is 0 Å². The van der Waals surface area contributed by atoms with E-state index in [1.165, 1.54) is 90.6 Å². The van der Waals surface area contributed by atoms with Crippen LogP contribution in [0.1, 0.15) is 65.2 Å². The highest BCUT2D eigenvalue weighted by molar-refractivity contribution is 4.71. The molecule has 0 aromatic heterocycles. The summed E-state index contributed by atoms with van der Waals surface area (Å²) in [6.07, 6.45) is 11.3. The van der Waals surface area contributed by atoms with Gasteiger partial charge >= 0.3 is 0 Å². The van der Waals surface area contributed by atoms with Crippen molar-refractivity contribution in [2.24, 2.45) is 0 Å². The van der Waals surface area contributed by atoms with E-state index < -0.39 is 0 Å². The van der Waals surface area contributed by atoms with Gasteiger partial charge in [0.25, 0.3) is 0 Å². The Balaban J connectivity index is 0.000000180. The Labute approximate surface area is 115 Å². The highest BCUT2D eigenvalue weighted by atomic mass is 15.3. The molecule has 2 nitrogen and oxygen atoms in total. The maximum atomic E-state index is 2.50. The van der Waals surface area contributed by atoms with E-state index in [9.17, 15) is 0 Å². The van der Waals surface area contributed by atoms with Crippen LogP contribution in [-0.4, -0.2) is 49.1 Å². The van der Waals surface area contributed by atoms with Gasteiger partial charge in [0, 0.05) is 26.2 Å². The summed E-state index contributed by atoms with van der Waals surface area (Å²) in [5, 5.41) is 0. The number of rotatable bonds is 10. The molecule has 0 aromatic rings. The van der Waals surface area contributed by atoms with Gasteiger partial charge in [-0.1, -0.05) is 52.4 Å². The van der Waals surface area contributed by atoms with Crippen LogP contribution in [0.25, 0.3) is 0 Å². The van der Waals surface area contributed by atoms with Crippen molar-refractivity contribution in [3.05, 3.63) is 0 Å². The van der Waals surface area contributed by atoms with Gasteiger partial charge in [0.15, 0.2) is 0 Å². The number of unbranched alkanes of at least 4 members (excludes halogenated alkanes) is 6. The predicted octanol–water partition coefficient (Wildman–Crippen LogP) is 3.76. The molecule has 0 spiro atoms. The topological polar surface area (TPSA) is 6.02 Å². The van der Waals surface area contributed by atoms with Crippen LogP contribution in [0, 0.1) is 0 Å². The summed E-state index contributed by atoms with van der Waals surface area (Å²) in [5.74, 6) is 0. The quantitative estimate of drug-likeness (QED) is 0.432. The van der Waals surface area contributed by atoms with E-state index >= 15 is 0 Å². The Morgan fingerprint density at radius 3 is 1.22 bits per heavy atom. The third kappa shape index (κ3) is 11.0. The zero-order valence-corrected chi connectivity index (χ0v) is 12.8. The molecular weight excluding hydrogens is 220 g/mol. The Morgan fingerprint density at radius 1 is 0.556 bits per heavy atom. The zero-order valence-electron chi connectivity index (χ0n) is 12.8. The van der Waals surface area contributed by atoms with Crippen molar-refractivity contribution < 1.29 is 0 Å². The maximum Gasteiger partial charge on any atom is 0.0110 e. The molecule has 108 valence electrons. The summed E-state index contributed by atoms with van der Waals surface area (Å²) >= 11 is 0. The Hall–Kier alpha value is -0.0800. The van der Waals surface area contributed by atoms with Gasteiger partial charge < -0.3 is 9.80 Å². The summed E-state index contributed by atoms with van der Waals surface area (Å²) in [6.45, 7) is 12.7. The second kappa shape index (κ2) is 10.8. The second-order valence-corrected chi connectivity index (χ2v) is 5.80. The summed E-state index contributed by atoms with van der Waals surface area (Å²) in [6, 6.07) is 0. The first-order valence-electron chi connectivity index (χ1n) is 8.31. The second-order valence-electron chi connectivity index (χ2n) is 5.80. The molecule has 2 saturated heterocycles. The van der Waals surface area contributed by atoms with Crippen molar-refractivity contribution in [1.82, 2.24) is 9.80 Å².